The van der Waals surface area contributed by atoms with Crippen molar-refractivity contribution in [2.75, 3.05) is 20.8 Å². The number of aromatic amines is 1. The van der Waals surface area contributed by atoms with Gasteiger partial charge < -0.3 is 24.7 Å². The summed E-state index contributed by atoms with van der Waals surface area (Å²) in [4.78, 5) is 45.9. The maximum atomic E-state index is 13.2. The summed E-state index contributed by atoms with van der Waals surface area (Å²) >= 11 is 6.02. The molecule has 2 heterocycles. The van der Waals surface area contributed by atoms with Gasteiger partial charge in [-0.15, -0.1) is 0 Å². The lowest BCUT2D eigenvalue weighted by Gasteiger charge is -2.36. The molecule has 1 aromatic carbocycles. The van der Waals surface area contributed by atoms with Crippen LogP contribution in [0.4, 0.5) is 4.79 Å². The topological polar surface area (TPSA) is 114 Å². The SMILES string of the molecule is COC(=O)CC[C@H](NC(=O)N1CCc2[nH]cnc2[C@H]1c1ccc(Cl)cc1)C(=O)OC. The van der Waals surface area contributed by atoms with E-state index < -0.39 is 30.1 Å². The zero-order valence-electron chi connectivity index (χ0n) is 16.7. The Balaban J connectivity index is 1.84. The van der Waals surface area contributed by atoms with Crippen LogP contribution in [0.5, 0.6) is 0 Å². The molecule has 9 nitrogen and oxygen atoms in total. The summed E-state index contributed by atoms with van der Waals surface area (Å²) in [5, 5.41) is 3.28. The van der Waals surface area contributed by atoms with Crippen molar-refractivity contribution in [2.45, 2.75) is 31.3 Å². The summed E-state index contributed by atoms with van der Waals surface area (Å²) < 4.78 is 9.39. The van der Waals surface area contributed by atoms with Crippen molar-refractivity contribution in [3.8, 4) is 0 Å². The quantitative estimate of drug-likeness (QED) is 0.674. The molecule has 160 valence electrons. The highest BCUT2D eigenvalue weighted by atomic mass is 35.5. The van der Waals surface area contributed by atoms with Crippen molar-refractivity contribution in [3.05, 3.63) is 52.6 Å². The molecule has 0 fully saturated rings. The Labute approximate surface area is 178 Å². The molecule has 2 aromatic rings. The number of nitrogens with one attached hydrogen (secondary N) is 2. The number of methoxy groups -OCH3 is 2. The molecule has 30 heavy (non-hydrogen) atoms. The van der Waals surface area contributed by atoms with Crippen LogP contribution >= 0.6 is 11.6 Å². The minimum atomic E-state index is -0.979. The van der Waals surface area contributed by atoms with Crippen molar-refractivity contribution >= 4 is 29.6 Å². The van der Waals surface area contributed by atoms with Gasteiger partial charge in [0, 0.05) is 30.1 Å². The van der Waals surface area contributed by atoms with E-state index in [4.69, 9.17) is 16.3 Å². The lowest BCUT2D eigenvalue weighted by Crippen LogP contribution is -2.51. The first-order chi connectivity index (χ1) is 14.4. The molecule has 0 bridgehead atoms. The number of hydrogen-bond donors (Lipinski definition) is 2. The predicted molar refractivity (Wildman–Crippen MR) is 108 cm³/mol. The number of urea groups is 1. The third-order valence-corrected chi connectivity index (χ3v) is 5.27. The van der Waals surface area contributed by atoms with Gasteiger partial charge in [-0.25, -0.2) is 14.6 Å². The number of carbonyl (C=O) groups excluding carboxylic acids is 3. The summed E-state index contributed by atoms with van der Waals surface area (Å²) in [5.41, 5.74) is 2.53. The van der Waals surface area contributed by atoms with Crippen LogP contribution in [-0.4, -0.2) is 59.6 Å². The van der Waals surface area contributed by atoms with Gasteiger partial charge in [0.25, 0.3) is 0 Å². The average molecular weight is 435 g/mol. The lowest BCUT2D eigenvalue weighted by atomic mass is 9.96. The second-order valence-electron chi connectivity index (χ2n) is 6.80. The number of halogens is 1. The Morgan fingerprint density at radius 2 is 2.00 bits per heavy atom. The van der Waals surface area contributed by atoms with Crippen molar-refractivity contribution in [2.24, 2.45) is 0 Å². The van der Waals surface area contributed by atoms with Gasteiger partial charge in [-0.2, -0.15) is 0 Å². The van der Waals surface area contributed by atoms with E-state index >= 15 is 0 Å². The van der Waals surface area contributed by atoms with Gasteiger partial charge >= 0.3 is 18.0 Å². The number of amides is 2. The van der Waals surface area contributed by atoms with Gasteiger partial charge in [0.05, 0.1) is 26.2 Å². The Kier molecular flexibility index (Phi) is 6.94. The van der Waals surface area contributed by atoms with Crippen molar-refractivity contribution in [3.63, 3.8) is 0 Å². The number of nitrogens with zero attached hydrogens (tertiary/aromatic N) is 2. The first kappa shape index (κ1) is 21.6. The Bertz CT molecular complexity index is 914. The van der Waals surface area contributed by atoms with E-state index in [2.05, 4.69) is 20.0 Å². The summed E-state index contributed by atoms with van der Waals surface area (Å²) in [7, 11) is 2.49. The lowest BCUT2D eigenvalue weighted by molar-refractivity contribution is -0.144. The molecule has 0 saturated carbocycles. The van der Waals surface area contributed by atoms with Gasteiger partial charge in [-0.05, 0) is 24.1 Å². The summed E-state index contributed by atoms with van der Waals surface area (Å²) in [6.07, 6.45) is 2.24. The van der Waals surface area contributed by atoms with Gasteiger partial charge in [0.15, 0.2) is 0 Å². The zero-order valence-corrected chi connectivity index (χ0v) is 17.4. The molecule has 0 radical (unpaired) electrons. The number of hydrogen-bond acceptors (Lipinski definition) is 6. The average Bonchev–Trinajstić information content (AvgIpc) is 3.24. The van der Waals surface area contributed by atoms with Crippen molar-refractivity contribution < 1.29 is 23.9 Å². The van der Waals surface area contributed by atoms with Crippen LogP contribution in [0.2, 0.25) is 5.02 Å². The Morgan fingerprint density at radius 3 is 2.67 bits per heavy atom. The summed E-state index contributed by atoms with van der Waals surface area (Å²) in [6.45, 7) is 0.416. The summed E-state index contributed by atoms with van der Waals surface area (Å²) in [5.74, 6) is -1.11. The van der Waals surface area contributed by atoms with E-state index in [1.165, 1.54) is 14.2 Å². The van der Waals surface area contributed by atoms with E-state index in [0.29, 0.717) is 18.0 Å². The Hall–Kier alpha value is -3.07. The fourth-order valence-corrected chi connectivity index (χ4v) is 3.59. The van der Waals surface area contributed by atoms with Crippen LogP contribution < -0.4 is 5.32 Å². The number of rotatable bonds is 6. The van der Waals surface area contributed by atoms with Crippen LogP contribution in [0, 0.1) is 0 Å². The summed E-state index contributed by atoms with van der Waals surface area (Å²) in [6, 6.07) is 5.30. The third-order valence-electron chi connectivity index (χ3n) is 5.02. The number of H-pyrrole nitrogens is 1. The molecule has 3 rings (SSSR count). The van der Waals surface area contributed by atoms with Crippen LogP contribution in [-0.2, 0) is 25.5 Å². The minimum Gasteiger partial charge on any atom is -0.469 e. The molecule has 0 spiro atoms. The smallest absolute Gasteiger partial charge is 0.328 e. The molecule has 2 N–H and O–H groups in total. The second-order valence-corrected chi connectivity index (χ2v) is 7.24. The molecule has 0 saturated heterocycles. The van der Waals surface area contributed by atoms with Gasteiger partial charge in [0.1, 0.15) is 12.1 Å². The minimum absolute atomic E-state index is 0.0271. The van der Waals surface area contributed by atoms with E-state index in [0.717, 1.165) is 17.0 Å². The monoisotopic (exact) mass is 434 g/mol. The predicted octanol–water partition coefficient (Wildman–Crippen LogP) is 2.21. The van der Waals surface area contributed by atoms with Crippen molar-refractivity contribution in [1.29, 1.82) is 0 Å². The number of aromatic nitrogens is 2. The first-order valence-corrected chi connectivity index (χ1v) is 9.81. The zero-order chi connectivity index (χ0) is 21.7. The van der Waals surface area contributed by atoms with Crippen molar-refractivity contribution in [1.82, 2.24) is 20.2 Å². The number of carbonyl (C=O) groups is 3. The highest BCUT2D eigenvalue weighted by Crippen LogP contribution is 2.33. The van der Waals surface area contributed by atoms with Crippen LogP contribution in [0.3, 0.4) is 0 Å². The van der Waals surface area contributed by atoms with E-state index in [1.54, 1.807) is 23.4 Å². The Morgan fingerprint density at radius 1 is 1.27 bits per heavy atom. The fourth-order valence-electron chi connectivity index (χ4n) is 3.47. The maximum Gasteiger partial charge on any atom is 0.328 e. The van der Waals surface area contributed by atoms with Gasteiger partial charge in [-0.3, -0.25) is 4.79 Å². The number of esters is 2. The molecule has 1 aromatic heterocycles. The highest BCUT2D eigenvalue weighted by molar-refractivity contribution is 6.30. The maximum absolute atomic E-state index is 13.2. The van der Waals surface area contributed by atoms with E-state index in [9.17, 15) is 14.4 Å². The molecule has 0 aliphatic carbocycles. The molecule has 2 amide bonds. The first-order valence-electron chi connectivity index (χ1n) is 9.44. The molecule has 1 aliphatic heterocycles. The van der Waals surface area contributed by atoms with E-state index in [-0.39, 0.29) is 12.8 Å². The second kappa shape index (κ2) is 9.62. The number of benzene rings is 1. The number of fused-ring (bicyclic) bond motifs is 1. The standard InChI is InChI=1S/C20H23ClN4O5/c1-29-16(26)8-7-15(19(27)30-2)24-20(28)25-10-9-14-17(23-11-22-14)18(25)12-3-5-13(21)6-4-12/h3-6,11,15,18H,7-10H2,1-2H3,(H,22,23)(H,24,28)/t15-,18+/m0/s1. The molecule has 2 atom stereocenters. The molecule has 1 aliphatic rings. The number of ether oxygens (including phenoxy) is 2. The third kappa shape index (κ3) is 4.73. The number of imidazole rings is 1. The molecule has 0 unspecified atom stereocenters. The fraction of sp³-hybridized carbons (Fsp3) is 0.400. The van der Waals surface area contributed by atoms with Crippen LogP contribution in [0.25, 0.3) is 0 Å². The van der Waals surface area contributed by atoms with Crippen LogP contribution in [0.1, 0.15) is 35.8 Å². The largest absolute Gasteiger partial charge is 0.469 e. The normalized spacial score (nSPS) is 16.4. The van der Waals surface area contributed by atoms with E-state index in [1.807, 2.05) is 12.1 Å². The molecule has 10 heteroatoms. The van der Waals surface area contributed by atoms with Crippen LogP contribution in [0.15, 0.2) is 30.6 Å². The van der Waals surface area contributed by atoms with Gasteiger partial charge in [-0.1, -0.05) is 23.7 Å². The molecular formula is C20H23ClN4O5. The highest BCUT2D eigenvalue weighted by Gasteiger charge is 2.35. The van der Waals surface area contributed by atoms with Gasteiger partial charge in [0.2, 0.25) is 0 Å². The molecular weight excluding hydrogens is 412 g/mol.